The van der Waals surface area contributed by atoms with Gasteiger partial charge in [-0.1, -0.05) is 42.8 Å². The Morgan fingerprint density at radius 3 is 2.61 bits per heavy atom. The summed E-state index contributed by atoms with van der Waals surface area (Å²) < 4.78 is 1.09. The second-order valence-corrected chi connectivity index (χ2v) is 6.55. The Morgan fingerprint density at radius 2 is 1.93 bits per heavy atom. The van der Waals surface area contributed by atoms with Gasteiger partial charge in [-0.15, -0.1) is 0 Å². The predicted molar refractivity (Wildman–Crippen MR) is 108 cm³/mol. The fourth-order valence-electron chi connectivity index (χ4n) is 2.67. The first kappa shape index (κ1) is 19.3. The minimum absolute atomic E-state index is 0.280. The molecule has 0 saturated carbocycles. The zero-order valence-corrected chi connectivity index (χ0v) is 15.9. The quantitative estimate of drug-likeness (QED) is 0.718. The van der Waals surface area contributed by atoms with E-state index < -0.39 is 11.5 Å². The Morgan fingerprint density at radius 1 is 1.18 bits per heavy atom. The Hall–Kier alpha value is -3.43. The van der Waals surface area contributed by atoms with Gasteiger partial charge in [-0.25, -0.2) is 4.68 Å². The first-order valence-corrected chi connectivity index (χ1v) is 9.05. The Bertz CT molecular complexity index is 1110. The summed E-state index contributed by atoms with van der Waals surface area (Å²) in [6.45, 7) is 1.79. The zero-order chi connectivity index (χ0) is 20.1. The summed E-state index contributed by atoms with van der Waals surface area (Å²) in [5, 5.41) is 16.4. The summed E-state index contributed by atoms with van der Waals surface area (Å²) in [6, 6.07) is 17.4. The molecule has 1 aromatic heterocycles. The molecule has 7 heteroatoms. The van der Waals surface area contributed by atoms with Crippen molar-refractivity contribution < 1.29 is 4.79 Å². The Balaban J connectivity index is 1.82. The Kier molecular flexibility index (Phi) is 5.87. The van der Waals surface area contributed by atoms with Gasteiger partial charge in [-0.2, -0.15) is 10.4 Å². The van der Waals surface area contributed by atoms with Crippen molar-refractivity contribution in [3.05, 3.63) is 81.1 Å². The lowest BCUT2D eigenvalue weighted by atomic mass is 10.1. The summed E-state index contributed by atoms with van der Waals surface area (Å²) in [7, 11) is 0. The molecule has 1 amide bonds. The van der Waals surface area contributed by atoms with E-state index in [4.69, 9.17) is 16.9 Å². The zero-order valence-electron chi connectivity index (χ0n) is 15.1. The van der Waals surface area contributed by atoms with Crippen LogP contribution >= 0.6 is 11.6 Å². The number of benzene rings is 2. The Labute approximate surface area is 167 Å². The maximum absolute atomic E-state index is 12.4. The third-order valence-electron chi connectivity index (χ3n) is 4.19. The number of hydrogen-bond acceptors (Lipinski definition) is 4. The van der Waals surface area contributed by atoms with Crippen LogP contribution in [-0.4, -0.2) is 15.7 Å². The van der Waals surface area contributed by atoms with E-state index in [0.717, 1.165) is 16.7 Å². The van der Waals surface area contributed by atoms with E-state index in [1.54, 1.807) is 12.1 Å². The highest BCUT2D eigenvalue weighted by Gasteiger charge is 2.11. The van der Waals surface area contributed by atoms with Crippen molar-refractivity contribution in [1.82, 2.24) is 9.78 Å². The van der Waals surface area contributed by atoms with Crippen molar-refractivity contribution in [3.8, 4) is 17.3 Å². The molecule has 0 aliphatic carbocycles. The molecule has 0 saturated heterocycles. The van der Waals surface area contributed by atoms with E-state index in [-0.39, 0.29) is 12.1 Å². The van der Waals surface area contributed by atoms with Crippen molar-refractivity contribution in [2.24, 2.45) is 0 Å². The van der Waals surface area contributed by atoms with Gasteiger partial charge in [0.05, 0.1) is 16.9 Å². The average Bonchev–Trinajstić information content (AvgIpc) is 2.70. The van der Waals surface area contributed by atoms with Crippen LogP contribution in [0.2, 0.25) is 5.02 Å². The van der Waals surface area contributed by atoms with E-state index in [0.29, 0.717) is 16.4 Å². The molecule has 3 rings (SSSR count). The molecule has 0 spiro atoms. The number of nitrogens with one attached hydrogen (secondary N) is 1. The highest BCUT2D eigenvalue weighted by Crippen LogP contribution is 2.20. The molecule has 1 heterocycles. The van der Waals surface area contributed by atoms with Crippen LogP contribution in [0.1, 0.15) is 18.1 Å². The monoisotopic (exact) mass is 392 g/mol. The van der Waals surface area contributed by atoms with Crippen molar-refractivity contribution in [2.45, 2.75) is 19.9 Å². The number of nitrogens with zero attached hydrogens (tertiary/aromatic N) is 3. The normalized spacial score (nSPS) is 10.3. The molecule has 2 aromatic carbocycles. The van der Waals surface area contributed by atoms with Crippen LogP contribution in [0, 0.1) is 11.3 Å². The topological polar surface area (TPSA) is 87.8 Å². The first-order chi connectivity index (χ1) is 13.5. The van der Waals surface area contributed by atoms with E-state index in [2.05, 4.69) is 17.3 Å². The molecule has 1 N–H and O–H groups in total. The summed E-state index contributed by atoms with van der Waals surface area (Å²) in [4.78, 5) is 24.5. The van der Waals surface area contributed by atoms with Gasteiger partial charge in [0.15, 0.2) is 0 Å². The lowest BCUT2D eigenvalue weighted by molar-refractivity contribution is -0.117. The number of halogens is 1. The van der Waals surface area contributed by atoms with Crippen molar-refractivity contribution in [1.29, 1.82) is 5.26 Å². The minimum atomic E-state index is -0.480. The predicted octanol–water partition coefficient (Wildman–Crippen LogP) is 3.64. The molecule has 140 valence electrons. The average molecular weight is 393 g/mol. The van der Waals surface area contributed by atoms with Crippen LogP contribution in [0.4, 0.5) is 5.69 Å². The molecule has 0 aliphatic rings. The molecule has 0 fully saturated rings. The van der Waals surface area contributed by atoms with Crippen molar-refractivity contribution in [2.75, 3.05) is 5.32 Å². The molecular weight excluding hydrogens is 376 g/mol. The molecule has 28 heavy (non-hydrogen) atoms. The minimum Gasteiger partial charge on any atom is -0.323 e. The third-order valence-corrected chi connectivity index (χ3v) is 4.43. The lowest BCUT2D eigenvalue weighted by Crippen LogP contribution is -2.29. The summed E-state index contributed by atoms with van der Waals surface area (Å²) in [5.74, 6) is -0.480. The molecule has 3 aromatic rings. The molecule has 0 bridgehead atoms. The number of nitriles is 1. The van der Waals surface area contributed by atoms with Gasteiger partial charge < -0.3 is 5.32 Å². The number of carbonyl (C=O) groups is 1. The largest absolute Gasteiger partial charge is 0.323 e. The molecule has 0 unspecified atom stereocenters. The van der Waals surface area contributed by atoms with Gasteiger partial charge in [0.1, 0.15) is 12.6 Å². The fourth-order valence-corrected chi connectivity index (χ4v) is 2.84. The summed E-state index contributed by atoms with van der Waals surface area (Å²) in [5.41, 5.74) is 2.83. The number of rotatable bonds is 5. The summed E-state index contributed by atoms with van der Waals surface area (Å²) in [6.07, 6.45) is 0.932. The second kappa shape index (κ2) is 8.51. The highest BCUT2D eigenvalue weighted by molar-refractivity contribution is 6.31. The molecule has 6 nitrogen and oxygen atoms in total. The lowest BCUT2D eigenvalue weighted by Gasteiger charge is -2.10. The molecule has 0 radical (unpaired) electrons. The van der Waals surface area contributed by atoms with Crippen LogP contribution in [0.15, 0.2) is 59.4 Å². The van der Waals surface area contributed by atoms with Crippen molar-refractivity contribution in [3.63, 3.8) is 0 Å². The SMILES string of the molecule is CCc1ccc(-c2ccc(=O)n(CC(=O)Nc3cc(Cl)ccc3C#N)n2)cc1. The van der Waals surface area contributed by atoms with E-state index in [1.165, 1.54) is 23.8 Å². The number of anilines is 1. The van der Waals surface area contributed by atoms with Gasteiger partial charge in [-0.05, 0) is 36.2 Å². The van der Waals surface area contributed by atoms with Gasteiger partial charge >= 0.3 is 0 Å². The molecule has 0 aliphatic heterocycles. The van der Waals surface area contributed by atoms with Gasteiger partial charge in [-0.3, -0.25) is 9.59 Å². The van der Waals surface area contributed by atoms with Gasteiger partial charge in [0.2, 0.25) is 5.91 Å². The maximum Gasteiger partial charge on any atom is 0.267 e. The number of aryl methyl sites for hydroxylation is 1. The van der Waals surface area contributed by atoms with Gasteiger partial charge in [0.25, 0.3) is 5.56 Å². The first-order valence-electron chi connectivity index (χ1n) is 8.67. The molecule has 0 atom stereocenters. The summed E-state index contributed by atoms with van der Waals surface area (Å²) >= 11 is 5.92. The standard InChI is InChI=1S/C21H17ClN4O2/c1-2-14-3-5-15(6-4-14)18-9-10-21(28)26(25-18)13-20(27)24-19-11-17(22)8-7-16(19)12-23/h3-11H,2,13H2,1H3,(H,24,27). The number of aromatic nitrogens is 2. The number of amides is 1. The smallest absolute Gasteiger partial charge is 0.267 e. The fraction of sp³-hybridized carbons (Fsp3) is 0.143. The van der Waals surface area contributed by atoms with Crippen LogP contribution in [0.3, 0.4) is 0 Å². The highest BCUT2D eigenvalue weighted by atomic mass is 35.5. The van der Waals surface area contributed by atoms with Crippen LogP contribution in [-0.2, 0) is 17.8 Å². The number of hydrogen-bond donors (Lipinski definition) is 1. The van der Waals surface area contributed by atoms with Crippen molar-refractivity contribution >= 4 is 23.2 Å². The number of carbonyl (C=O) groups excluding carboxylic acids is 1. The van der Waals surface area contributed by atoms with E-state index in [1.807, 2.05) is 30.3 Å². The van der Waals surface area contributed by atoms with E-state index >= 15 is 0 Å². The molecular formula is C21H17ClN4O2. The van der Waals surface area contributed by atoms with Crippen LogP contribution < -0.4 is 10.9 Å². The second-order valence-electron chi connectivity index (χ2n) is 6.11. The van der Waals surface area contributed by atoms with Crippen LogP contribution in [0.25, 0.3) is 11.3 Å². The maximum atomic E-state index is 12.4. The van der Waals surface area contributed by atoms with E-state index in [9.17, 15) is 9.59 Å². The van der Waals surface area contributed by atoms with Crippen LogP contribution in [0.5, 0.6) is 0 Å². The van der Waals surface area contributed by atoms with Gasteiger partial charge in [0, 0.05) is 16.7 Å². The third kappa shape index (κ3) is 4.45.